The number of methoxy groups -OCH3 is 2. The van der Waals surface area contributed by atoms with Gasteiger partial charge in [0.25, 0.3) is 0 Å². The summed E-state index contributed by atoms with van der Waals surface area (Å²) in [7, 11) is 4.94. The summed E-state index contributed by atoms with van der Waals surface area (Å²) >= 11 is 0. The van der Waals surface area contributed by atoms with Crippen LogP contribution in [0.2, 0.25) is 0 Å². The van der Waals surface area contributed by atoms with Crippen molar-refractivity contribution in [2.24, 2.45) is 5.73 Å². The van der Waals surface area contributed by atoms with Crippen molar-refractivity contribution in [2.45, 2.75) is 88.0 Å². The molecule has 0 bridgehead atoms. The fourth-order valence-electron chi connectivity index (χ4n) is 16.6. The van der Waals surface area contributed by atoms with Crippen molar-refractivity contribution in [3.63, 3.8) is 0 Å². The molecule has 0 unspecified atom stereocenters. The fraction of sp³-hybridized carbons (Fsp3) is 0.182. The number of aromatic nitrogens is 20. The van der Waals surface area contributed by atoms with E-state index < -0.39 is 0 Å². The summed E-state index contributed by atoms with van der Waals surface area (Å²) in [6, 6.07) is 66.1. The normalized spacial score (nSPS) is 11.2. The molecule has 0 fully saturated rings. The highest BCUT2D eigenvalue weighted by Gasteiger charge is 2.25. The largest absolute Gasteiger partial charge is 0.383 e. The Morgan fingerprint density at radius 3 is 0.858 bits per heavy atom. The van der Waals surface area contributed by atoms with Crippen LogP contribution in [0.1, 0.15) is 51.5 Å². The average Bonchev–Trinajstić information content (AvgIpc) is 1.72. The first kappa shape index (κ1) is 95.3. The molecule has 12 aromatic heterocycles. The van der Waals surface area contributed by atoms with Gasteiger partial charge in [-0.25, -0.2) is 59.8 Å². The van der Waals surface area contributed by atoms with Crippen LogP contribution < -0.4 is 34.0 Å². The zero-order valence-electron chi connectivity index (χ0n) is 80.1. The lowest BCUT2D eigenvalue weighted by Gasteiger charge is -2.15. The van der Waals surface area contributed by atoms with Crippen molar-refractivity contribution in [2.75, 3.05) is 70.6 Å². The van der Waals surface area contributed by atoms with Crippen molar-refractivity contribution < 1.29 is 23.8 Å². The zero-order valence-corrected chi connectivity index (χ0v) is 80.1. The van der Waals surface area contributed by atoms with Crippen LogP contribution >= 0.6 is 0 Å². The number of rotatable bonds is 26. The van der Waals surface area contributed by atoms with Crippen LogP contribution in [-0.4, -0.2) is 158 Å². The summed E-state index contributed by atoms with van der Waals surface area (Å²) in [5.74, 6) is 1.21. The average molecular weight is 1870 g/mol. The van der Waals surface area contributed by atoms with E-state index in [4.69, 9.17) is 62.8 Å². The van der Waals surface area contributed by atoms with Gasteiger partial charge in [-0.1, -0.05) is 144 Å². The number of fused-ring (bicyclic) bond motifs is 4. The molecule has 0 spiro atoms. The first-order valence-electron chi connectivity index (χ1n) is 45.9. The van der Waals surface area contributed by atoms with E-state index in [2.05, 4.69) is 239 Å². The summed E-state index contributed by atoms with van der Waals surface area (Å²) in [6.45, 7) is 20.3. The predicted molar refractivity (Wildman–Crippen MR) is 556 cm³/mol. The van der Waals surface area contributed by atoms with E-state index in [9.17, 15) is 9.59 Å². The minimum absolute atomic E-state index is 0.127. The summed E-state index contributed by atoms with van der Waals surface area (Å²) in [5, 5.41) is 24.2. The minimum atomic E-state index is -0.372. The van der Waals surface area contributed by atoms with Crippen LogP contribution in [0.5, 0.6) is 0 Å². The van der Waals surface area contributed by atoms with Gasteiger partial charge in [-0.05, 0) is 150 Å². The maximum Gasteiger partial charge on any atom is 0.241 e. The van der Waals surface area contributed by atoms with Gasteiger partial charge in [0, 0.05) is 192 Å². The van der Waals surface area contributed by atoms with Crippen LogP contribution in [0.25, 0.3) is 178 Å². The lowest BCUT2D eigenvalue weighted by Crippen LogP contribution is -2.23. The molecule has 0 aliphatic heterocycles. The maximum absolute atomic E-state index is 11.8. The molecule has 0 aliphatic carbocycles. The molecule has 8 aromatic carbocycles. The summed E-state index contributed by atoms with van der Waals surface area (Å²) in [6.07, 6.45) is 21.2. The van der Waals surface area contributed by atoms with Crippen LogP contribution in [0.3, 0.4) is 0 Å². The van der Waals surface area contributed by atoms with E-state index in [0.717, 1.165) is 200 Å². The summed E-state index contributed by atoms with van der Waals surface area (Å²) in [4.78, 5) is 77.5. The Morgan fingerprint density at radius 2 is 0.574 bits per heavy atom. The number of hydrogen-bond acceptors (Lipinski definition) is 25. The standard InChI is InChI=1S/C29H30N6O2.2C27H25N7O.C27H26N6O/c1-19-4-6-21(7-5-19)28-25(22-8-9-27-24(14-22)20(2)31-18-32-27)15-26(29(30)34-28)23-16-33-35(17-23)10-11-37-13-12-36-3;1-16-4-6-18(7-5-16)26-22(19-8-9-24-21(10-19)17(2)30-15-31-24)11-23(27(28)33-26)20-12-32-34(13-20)14-25(35)29-3;1-16-3-5-18(6-4-16)26-22(19-7-8-24-21(11-19)17(2)30-15-31-24)12-23(27(29)33-26)20-13-32-34(14-20)10-9-25(28)35;1-17-4-6-19(7-5-17)26-23(20-8-9-25-22(12-20)18(2)29-16-30-25)13-24(27(28)32-26)21-14-31-33(15-21)10-11-34-3/h4-9,14-18H,10-13H2,1-3H3,(H2,30,34);4-13,15H,14H2,1-3H3,(H2,28,33)(H,29,35);3-8,11-15H,9-10H2,1-2H3,(H2,28,35)(H2,29,33);4-9,12-16H,10-11H2,1-3H3,(H2,28,32). The predicted octanol–water partition coefficient (Wildman–Crippen LogP) is 18.6. The fourth-order valence-corrected chi connectivity index (χ4v) is 16.6. The molecule has 0 saturated heterocycles. The zero-order chi connectivity index (χ0) is 98.5. The second-order valence-electron chi connectivity index (χ2n) is 34.4. The van der Waals surface area contributed by atoms with Gasteiger partial charge in [-0.15, -0.1) is 0 Å². The second-order valence-corrected chi connectivity index (χ2v) is 34.4. The number of carbonyl (C=O) groups excluding carboxylic acids is 2. The number of pyridine rings is 4. The first-order valence-corrected chi connectivity index (χ1v) is 45.9. The number of primary amides is 1. The number of benzene rings is 8. The Hall–Kier alpha value is -17.4. The highest BCUT2D eigenvalue weighted by atomic mass is 16.5. The molecule has 0 saturated carbocycles. The molecule has 20 rings (SSSR count). The molecule has 20 aromatic rings. The van der Waals surface area contributed by atoms with E-state index in [1.165, 1.54) is 22.3 Å². The molecule has 31 nitrogen and oxygen atoms in total. The van der Waals surface area contributed by atoms with Crippen molar-refractivity contribution in [3.05, 3.63) is 314 Å². The molecule has 0 atom stereocenters. The van der Waals surface area contributed by atoms with Gasteiger partial charge in [0.1, 0.15) is 55.1 Å². The van der Waals surface area contributed by atoms with Crippen LogP contribution in [-0.2, 0) is 50.0 Å². The van der Waals surface area contributed by atoms with Gasteiger partial charge in [0.05, 0.1) is 109 Å². The Labute approximate surface area is 814 Å². The number of nitrogens with two attached hydrogens (primary N) is 5. The molecule has 706 valence electrons. The molecule has 0 aliphatic rings. The van der Waals surface area contributed by atoms with E-state index in [0.29, 0.717) is 69.3 Å². The minimum Gasteiger partial charge on any atom is -0.383 e. The maximum atomic E-state index is 11.8. The van der Waals surface area contributed by atoms with E-state index in [1.54, 1.807) is 74.5 Å². The highest BCUT2D eigenvalue weighted by Crippen LogP contribution is 2.44. The molecular weight excluding hydrogens is 1770 g/mol. The number of amides is 2. The van der Waals surface area contributed by atoms with Crippen LogP contribution in [0, 0.1) is 55.4 Å². The number of likely N-dealkylation sites (N-methyl/N-ethyl adjacent to an activating group) is 1. The quantitative estimate of drug-likeness (QED) is 0.0274. The molecule has 12 heterocycles. The lowest BCUT2D eigenvalue weighted by atomic mass is 9.94. The third-order valence-corrected chi connectivity index (χ3v) is 24.5. The molecular formula is C110H106N26O5. The number of nitrogens with one attached hydrogen (secondary N) is 1. The number of anilines is 4. The molecule has 11 N–H and O–H groups in total. The van der Waals surface area contributed by atoms with Crippen molar-refractivity contribution in [1.29, 1.82) is 0 Å². The van der Waals surface area contributed by atoms with E-state index >= 15 is 0 Å². The van der Waals surface area contributed by atoms with Crippen LogP contribution in [0.15, 0.2) is 269 Å². The molecule has 0 radical (unpaired) electrons. The Kier molecular flexibility index (Phi) is 29.0. The van der Waals surface area contributed by atoms with Gasteiger partial charge in [-0.3, -0.25) is 28.3 Å². The number of hydrogen-bond donors (Lipinski definition) is 6. The number of nitrogens with zero attached hydrogens (tertiary/aromatic N) is 20. The molecule has 31 heteroatoms. The third kappa shape index (κ3) is 22.0. The second kappa shape index (κ2) is 42.9. The number of ether oxygens (including phenoxy) is 3. The van der Waals surface area contributed by atoms with E-state index in [1.807, 2.05) is 117 Å². The summed E-state index contributed by atoms with van der Waals surface area (Å²) < 4.78 is 22.7. The van der Waals surface area contributed by atoms with Gasteiger partial charge in [-0.2, -0.15) is 20.4 Å². The molecule has 2 amide bonds. The van der Waals surface area contributed by atoms with E-state index in [-0.39, 0.29) is 24.8 Å². The first-order chi connectivity index (χ1) is 68.4. The van der Waals surface area contributed by atoms with Crippen LogP contribution in [0.4, 0.5) is 23.3 Å². The third-order valence-electron chi connectivity index (χ3n) is 24.5. The number of aryl methyl sites for hydroxylation is 9. The van der Waals surface area contributed by atoms with Gasteiger partial charge in [0.2, 0.25) is 11.8 Å². The number of carbonyl (C=O) groups is 2. The summed E-state index contributed by atoms with van der Waals surface area (Å²) in [5.41, 5.74) is 64.9. The SMILES string of the molecule is CNC(=O)Cn1cc(-c2cc(-c3ccc4ncnc(C)c4c3)c(-c3ccc(C)cc3)nc2N)cn1.COCCOCCn1cc(-c2cc(-c3ccc4ncnc(C)c4c3)c(-c3ccc(C)cc3)nc2N)cn1.COCCn1cc(-c2cc(-c3ccc4ncnc(C)c4c3)c(-c3ccc(C)cc3)nc2N)cn1.Cc1ccc(-c2nc(N)c(-c3cnn(CCC(N)=O)c3)cc2-c2ccc3ncnc(C)c3c2)cc1. The monoisotopic (exact) mass is 1870 g/mol. The highest BCUT2D eigenvalue weighted by molar-refractivity contribution is 5.98. The Balaban J connectivity index is 0.000000130. The van der Waals surface area contributed by atoms with Gasteiger partial charge >= 0.3 is 0 Å². The topological polar surface area (TPSA) is 430 Å². The van der Waals surface area contributed by atoms with Gasteiger partial charge < -0.3 is 48.2 Å². The smallest absolute Gasteiger partial charge is 0.241 e. The van der Waals surface area contributed by atoms with Crippen molar-refractivity contribution in [3.8, 4) is 134 Å². The molecule has 141 heavy (non-hydrogen) atoms. The number of nitrogen functional groups attached to an aromatic ring is 4. The Morgan fingerprint density at radius 1 is 0.305 bits per heavy atom. The van der Waals surface area contributed by atoms with Gasteiger partial charge in [0.15, 0.2) is 0 Å². The van der Waals surface area contributed by atoms with Crippen molar-refractivity contribution in [1.82, 2.24) is 104 Å². The van der Waals surface area contributed by atoms with Crippen molar-refractivity contribution >= 4 is 78.7 Å². The lowest BCUT2D eigenvalue weighted by molar-refractivity contribution is -0.121. The Bertz CT molecular complexity index is 7970.